The largest absolute Gasteiger partial charge is 0.454 e. The number of rotatable bonds is 8. The molecule has 162 valence electrons. The van der Waals surface area contributed by atoms with Crippen LogP contribution in [0.25, 0.3) is 11.1 Å². The molecule has 0 aliphatic carbocycles. The van der Waals surface area contributed by atoms with Gasteiger partial charge in [-0.2, -0.15) is 0 Å². The predicted octanol–water partition coefficient (Wildman–Crippen LogP) is 5.83. The van der Waals surface area contributed by atoms with Gasteiger partial charge in [0, 0.05) is 28.0 Å². The Kier molecular flexibility index (Phi) is 6.37. The minimum Gasteiger partial charge on any atom is -0.454 e. The molecule has 1 aliphatic heterocycles. The molecule has 4 rings (SSSR count). The van der Waals surface area contributed by atoms with E-state index in [1.54, 1.807) is 0 Å². The average molecular weight is 483 g/mol. The quantitative estimate of drug-likeness (QED) is 0.410. The second kappa shape index (κ2) is 9.18. The van der Waals surface area contributed by atoms with E-state index in [9.17, 15) is 4.79 Å². The Labute approximate surface area is 191 Å². The van der Waals surface area contributed by atoms with E-state index < -0.39 is 5.91 Å². The van der Waals surface area contributed by atoms with Gasteiger partial charge >= 0.3 is 0 Å². The first-order valence-corrected chi connectivity index (χ1v) is 11.4. The number of amides is 1. The van der Waals surface area contributed by atoms with Crippen molar-refractivity contribution in [3.63, 3.8) is 0 Å². The van der Waals surface area contributed by atoms with Crippen molar-refractivity contribution in [3.8, 4) is 22.6 Å². The molecule has 3 aromatic rings. The van der Waals surface area contributed by atoms with E-state index in [0.29, 0.717) is 12.1 Å². The fraction of sp³-hybridized carbons (Fsp3) is 0.320. The topological polar surface area (TPSA) is 66.5 Å². The van der Waals surface area contributed by atoms with Gasteiger partial charge in [-0.1, -0.05) is 53.9 Å². The second-order valence-electron chi connectivity index (χ2n) is 7.88. The molecule has 2 aromatic carbocycles. The fourth-order valence-corrected chi connectivity index (χ4v) is 4.53. The average Bonchev–Trinajstić information content (AvgIpc) is 3.32. The van der Waals surface area contributed by atoms with Gasteiger partial charge in [-0.15, -0.1) is 0 Å². The maximum atomic E-state index is 12.5. The summed E-state index contributed by atoms with van der Waals surface area (Å²) in [6.45, 7) is 5.07. The molecule has 2 N–H and O–H groups in total. The molecule has 31 heavy (non-hydrogen) atoms. The SMILES string of the molecule is CCCCCc1c(-c2ccc(Br)cc2)c(C(N)=O)c(C)n1Cc1ccc2c(c1)OCO2. The number of aromatic nitrogens is 1. The van der Waals surface area contributed by atoms with Gasteiger partial charge in [-0.3, -0.25) is 4.79 Å². The Bertz CT molecular complexity index is 1100. The number of nitrogens with zero attached hydrogens (tertiary/aromatic N) is 1. The maximum absolute atomic E-state index is 12.5. The first kappa shape index (κ1) is 21.5. The first-order valence-electron chi connectivity index (χ1n) is 10.7. The van der Waals surface area contributed by atoms with E-state index in [0.717, 1.165) is 69.7 Å². The van der Waals surface area contributed by atoms with Crippen LogP contribution in [0.1, 0.15) is 53.5 Å². The van der Waals surface area contributed by atoms with E-state index in [4.69, 9.17) is 15.2 Å². The van der Waals surface area contributed by atoms with Crippen LogP contribution in [0.4, 0.5) is 0 Å². The van der Waals surface area contributed by atoms with Crippen molar-refractivity contribution < 1.29 is 14.3 Å². The molecular weight excluding hydrogens is 456 g/mol. The summed E-state index contributed by atoms with van der Waals surface area (Å²) < 4.78 is 14.2. The third-order valence-corrected chi connectivity index (χ3v) is 6.33. The minimum atomic E-state index is -0.392. The number of ether oxygens (including phenoxy) is 2. The highest BCUT2D eigenvalue weighted by atomic mass is 79.9. The number of hydrogen-bond acceptors (Lipinski definition) is 3. The summed E-state index contributed by atoms with van der Waals surface area (Å²) in [6, 6.07) is 14.1. The number of fused-ring (bicyclic) bond motifs is 1. The number of primary amides is 1. The van der Waals surface area contributed by atoms with Crippen molar-refractivity contribution in [2.75, 3.05) is 6.79 Å². The number of unbranched alkanes of at least 4 members (excludes halogenated alkanes) is 2. The van der Waals surface area contributed by atoms with Gasteiger partial charge in [0.15, 0.2) is 11.5 Å². The van der Waals surface area contributed by atoms with Crippen LogP contribution in [0.15, 0.2) is 46.9 Å². The number of carbonyl (C=O) groups is 1. The standard InChI is InChI=1S/C25H27BrN2O3/c1-3-4-5-6-20-24(18-8-10-19(26)11-9-18)23(25(27)29)16(2)28(20)14-17-7-12-21-22(13-17)31-15-30-21/h7-13H,3-6,14-15H2,1-2H3,(H2,27,29). The number of halogens is 1. The van der Waals surface area contributed by atoms with Gasteiger partial charge in [-0.05, 0) is 55.2 Å². The predicted molar refractivity (Wildman–Crippen MR) is 126 cm³/mol. The number of carbonyl (C=O) groups excluding carboxylic acids is 1. The normalized spacial score (nSPS) is 12.4. The molecule has 0 radical (unpaired) electrons. The van der Waals surface area contributed by atoms with Crippen LogP contribution < -0.4 is 15.2 Å². The molecule has 1 amide bonds. The van der Waals surface area contributed by atoms with Crippen LogP contribution in [0.2, 0.25) is 0 Å². The molecule has 0 bridgehead atoms. The lowest BCUT2D eigenvalue weighted by Gasteiger charge is -2.14. The van der Waals surface area contributed by atoms with Crippen molar-refractivity contribution in [1.82, 2.24) is 4.57 Å². The molecule has 0 spiro atoms. The highest BCUT2D eigenvalue weighted by Crippen LogP contribution is 2.37. The highest BCUT2D eigenvalue weighted by Gasteiger charge is 2.25. The van der Waals surface area contributed by atoms with Crippen LogP contribution in [0.5, 0.6) is 11.5 Å². The summed E-state index contributed by atoms with van der Waals surface area (Å²) in [7, 11) is 0. The lowest BCUT2D eigenvalue weighted by molar-refractivity contribution is 0.1000. The maximum Gasteiger partial charge on any atom is 0.251 e. The second-order valence-corrected chi connectivity index (χ2v) is 8.80. The van der Waals surface area contributed by atoms with Gasteiger partial charge in [-0.25, -0.2) is 0 Å². The summed E-state index contributed by atoms with van der Waals surface area (Å²) in [5.41, 5.74) is 11.6. The lowest BCUT2D eigenvalue weighted by Crippen LogP contribution is -2.13. The zero-order chi connectivity index (χ0) is 22.0. The van der Waals surface area contributed by atoms with Crippen LogP contribution in [0.3, 0.4) is 0 Å². The molecule has 1 aliphatic rings. The number of benzene rings is 2. The molecule has 2 heterocycles. The van der Waals surface area contributed by atoms with Gasteiger partial charge in [0.25, 0.3) is 5.91 Å². The van der Waals surface area contributed by atoms with Gasteiger partial charge < -0.3 is 19.8 Å². The Balaban J connectivity index is 1.83. The molecule has 5 nitrogen and oxygen atoms in total. The molecular formula is C25H27BrN2O3. The first-order chi connectivity index (χ1) is 15.0. The lowest BCUT2D eigenvalue weighted by atomic mass is 9.97. The molecule has 0 saturated heterocycles. The monoisotopic (exact) mass is 482 g/mol. The van der Waals surface area contributed by atoms with Crippen molar-refractivity contribution in [3.05, 3.63) is 69.5 Å². The summed E-state index contributed by atoms with van der Waals surface area (Å²) in [5.74, 6) is 1.14. The van der Waals surface area contributed by atoms with Crippen molar-refractivity contribution in [2.24, 2.45) is 5.73 Å². The van der Waals surface area contributed by atoms with Crippen molar-refractivity contribution >= 4 is 21.8 Å². The number of nitrogens with two attached hydrogens (primary N) is 1. The third-order valence-electron chi connectivity index (χ3n) is 5.81. The van der Waals surface area contributed by atoms with Crippen molar-refractivity contribution in [2.45, 2.75) is 46.1 Å². The fourth-order valence-electron chi connectivity index (χ4n) is 4.26. The summed E-state index contributed by atoms with van der Waals surface area (Å²) in [5, 5.41) is 0. The smallest absolute Gasteiger partial charge is 0.251 e. The van der Waals surface area contributed by atoms with E-state index in [-0.39, 0.29) is 6.79 Å². The summed E-state index contributed by atoms with van der Waals surface area (Å²) in [4.78, 5) is 12.5. The Hall–Kier alpha value is -2.73. The zero-order valence-corrected chi connectivity index (χ0v) is 19.5. The van der Waals surface area contributed by atoms with Crippen LogP contribution in [0, 0.1) is 6.92 Å². The zero-order valence-electron chi connectivity index (χ0n) is 17.9. The van der Waals surface area contributed by atoms with E-state index in [1.165, 1.54) is 0 Å². The highest BCUT2D eigenvalue weighted by molar-refractivity contribution is 9.10. The summed E-state index contributed by atoms with van der Waals surface area (Å²) in [6.07, 6.45) is 4.22. The van der Waals surface area contributed by atoms with Gasteiger partial charge in [0.1, 0.15) is 0 Å². The van der Waals surface area contributed by atoms with Crippen LogP contribution in [-0.4, -0.2) is 17.3 Å². The minimum absolute atomic E-state index is 0.253. The molecule has 0 fully saturated rings. The molecule has 6 heteroatoms. The Morgan fingerprint density at radius 2 is 1.84 bits per heavy atom. The van der Waals surface area contributed by atoms with E-state index in [2.05, 4.69) is 27.4 Å². The van der Waals surface area contributed by atoms with Crippen LogP contribution >= 0.6 is 15.9 Å². The third kappa shape index (κ3) is 4.35. The Morgan fingerprint density at radius 1 is 1.10 bits per heavy atom. The van der Waals surface area contributed by atoms with E-state index in [1.807, 2.05) is 49.4 Å². The summed E-state index contributed by atoms with van der Waals surface area (Å²) >= 11 is 3.50. The molecule has 0 atom stereocenters. The van der Waals surface area contributed by atoms with Crippen molar-refractivity contribution in [1.29, 1.82) is 0 Å². The van der Waals surface area contributed by atoms with E-state index >= 15 is 0 Å². The molecule has 1 aromatic heterocycles. The molecule has 0 saturated carbocycles. The van der Waals surface area contributed by atoms with Gasteiger partial charge in [0.05, 0.1) is 5.56 Å². The van der Waals surface area contributed by atoms with Gasteiger partial charge in [0.2, 0.25) is 6.79 Å². The Morgan fingerprint density at radius 3 is 2.55 bits per heavy atom. The van der Waals surface area contributed by atoms with Crippen LogP contribution in [-0.2, 0) is 13.0 Å². The number of hydrogen-bond donors (Lipinski definition) is 1. The molecule has 0 unspecified atom stereocenters.